The number of benzene rings is 2. The molecule has 0 fully saturated rings. The van der Waals surface area contributed by atoms with Crippen molar-refractivity contribution in [2.75, 3.05) is 13.3 Å². The summed E-state index contributed by atoms with van der Waals surface area (Å²) in [5, 5.41) is 2.76. The van der Waals surface area contributed by atoms with Gasteiger partial charge in [-0.2, -0.15) is 0 Å². The van der Waals surface area contributed by atoms with Crippen LogP contribution in [0.15, 0.2) is 53.9 Å². The number of halogens is 1. The zero-order valence-electron chi connectivity index (χ0n) is 14.2. The summed E-state index contributed by atoms with van der Waals surface area (Å²) in [6.45, 7) is 3.93. The van der Waals surface area contributed by atoms with Crippen LogP contribution in [0.2, 0.25) is 5.02 Å². The Morgan fingerprint density at radius 1 is 1.19 bits per heavy atom. The van der Waals surface area contributed by atoms with E-state index in [1.165, 1.54) is 24.3 Å². The second kappa shape index (κ2) is 7.99. The Morgan fingerprint density at radius 3 is 2.74 bits per heavy atom. The molecule has 1 heterocycles. The van der Waals surface area contributed by atoms with Crippen molar-refractivity contribution in [2.45, 2.75) is 11.4 Å². The minimum absolute atomic E-state index is 0.0267. The van der Waals surface area contributed by atoms with Crippen molar-refractivity contribution in [3.63, 3.8) is 0 Å². The Balaban J connectivity index is 1.73. The summed E-state index contributed by atoms with van der Waals surface area (Å²) in [6.07, 6.45) is 1.41. The van der Waals surface area contributed by atoms with Crippen molar-refractivity contribution in [3.05, 3.63) is 65.2 Å². The van der Waals surface area contributed by atoms with Crippen molar-refractivity contribution in [2.24, 2.45) is 0 Å². The zero-order valence-corrected chi connectivity index (χ0v) is 15.8. The first-order valence-electron chi connectivity index (χ1n) is 7.97. The quantitative estimate of drug-likeness (QED) is 0.686. The monoisotopic (exact) mass is 408 g/mol. The maximum atomic E-state index is 12.4. The van der Waals surface area contributed by atoms with E-state index in [9.17, 15) is 13.2 Å². The Morgan fingerprint density at radius 2 is 1.96 bits per heavy atom. The topological polar surface area (TPSA) is 93.7 Å². The number of ether oxygens (including phenoxy) is 2. The van der Waals surface area contributed by atoms with Gasteiger partial charge in [0.15, 0.2) is 11.5 Å². The third kappa shape index (κ3) is 4.41. The number of hydrogen-bond donors (Lipinski definition) is 2. The second-order valence-electron chi connectivity index (χ2n) is 5.66. The molecule has 0 spiro atoms. The second-order valence-corrected chi connectivity index (χ2v) is 7.80. The summed E-state index contributed by atoms with van der Waals surface area (Å²) in [5.41, 5.74) is 1.00. The van der Waals surface area contributed by atoms with Gasteiger partial charge in [0.05, 0.1) is 5.02 Å². The van der Waals surface area contributed by atoms with Crippen LogP contribution in [0.4, 0.5) is 0 Å². The Labute approximate surface area is 162 Å². The van der Waals surface area contributed by atoms with E-state index in [1.54, 1.807) is 12.1 Å². The summed E-state index contributed by atoms with van der Waals surface area (Å²) in [7, 11) is -3.85. The van der Waals surface area contributed by atoms with E-state index in [0.717, 1.165) is 5.56 Å². The Hall–Kier alpha value is -2.55. The van der Waals surface area contributed by atoms with Gasteiger partial charge < -0.3 is 14.8 Å². The number of carbonyl (C=O) groups is 1. The highest BCUT2D eigenvalue weighted by molar-refractivity contribution is 7.89. The van der Waals surface area contributed by atoms with E-state index >= 15 is 0 Å². The first-order chi connectivity index (χ1) is 12.9. The number of hydrogen-bond acceptors (Lipinski definition) is 5. The first-order valence-corrected chi connectivity index (χ1v) is 9.83. The minimum Gasteiger partial charge on any atom is -0.454 e. The largest absolute Gasteiger partial charge is 0.454 e. The third-order valence-corrected chi connectivity index (χ3v) is 5.70. The lowest BCUT2D eigenvalue weighted by Crippen LogP contribution is -2.26. The highest BCUT2D eigenvalue weighted by atomic mass is 35.5. The average molecular weight is 409 g/mol. The van der Waals surface area contributed by atoms with Crippen LogP contribution in [0.5, 0.6) is 11.5 Å². The lowest BCUT2D eigenvalue weighted by atomic mass is 10.1. The fraction of sp³-hybridized carbons (Fsp3) is 0.167. The number of sulfonamides is 1. The zero-order chi connectivity index (χ0) is 19.4. The molecule has 0 saturated heterocycles. The van der Waals surface area contributed by atoms with Gasteiger partial charge in [0.1, 0.15) is 4.90 Å². The Bertz CT molecular complexity index is 991. The van der Waals surface area contributed by atoms with Crippen LogP contribution in [-0.4, -0.2) is 27.7 Å². The molecule has 0 saturated carbocycles. The van der Waals surface area contributed by atoms with Gasteiger partial charge >= 0.3 is 0 Å². The van der Waals surface area contributed by atoms with Crippen molar-refractivity contribution >= 4 is 27.5 Å². The minimum atomic E-state index is -3.85. The first kappa shape index (κ1) is 19.2. The molecule has 2 aromatic carbocycles. The fourth-order valence-corrected chi connectivity index (χ4v) is 3.95. The number of rotatable bonds is 7. The van der Waals surface area contributed by atoms with Gasteiger partial charge in [-0.05, 0) is 35.9 Å². The summed E-state index contributed by atoms with van der Waals surface area (Å²) in [4.78, 5) is 12.2. The van der Waals surface area contributed by atoms with Gasteiger partial charge in [-0.25, -0.2) is 13.1 Å². The van der Waals surface area contributed by atoms with Gasteiger partial charge in [0.2, 0.25) is 16.8 Å². The maximum absolute atomic E-state index is 12.4. The molecule has 0 aromatic heterocycles. The van der Waals surface area contributed by atoms with E-state index in [0.29, 0.717) is 11.5 Å². The highest BCUT2D eigenvalue weighted by Gasteiger charge is 2.20. The van der Waals surface area contributed by atoms with E-state index in [2.05, 4.69) is 16.6 Å². The van der Waals surface area contributed by atoms with Gasteiger partial charge in [-0.3, -0.25) is 4.79 Å². The molecule has 9 heteroatoms. The fourth-order valence-electron chi connectivity index (χ4n) is 2.43. The number of fused-ring (bicyclic) bond motifs is 1. The summed E-state index contributed by atoms with van der Waals surface area (Å²) in [6, 6.07) is 9.43. The van der Waals surface area contributed by atoms with Crippen LogP contribution in [0.1, 0.15) is 15.9 Å². The van der Waals surface area contributed by atoms with E-state index in [1.807, 2.05) is 6.07 Å². The van der Waals surface area contributed by atoms with Crippen LogP contribution in [-0.2, 0) is 16.6 Å². The summed E-state index contributed by atoms with van der Waals surface area (Å²) in [5.74, 6) is 0.851. The SMILES string of the molecule is C=CCNS(=O)(=O)c1cc(C(=O)NCc2ccc3c(c2)OCO3)ccc1Cl. The van der Waals surface area contributed by atoms with E-state index in [4.69, 9.17) is 21.1 Å². The molecule has 0 bridgehead atoms. The van der Waals surface area contributed by atoms with Gasteiger partial charge in [-0.1, -0.05) is 23.7 Å². The number of carbonyl (C=O) groups excluding carboxylic acids is 1. The standard InChI is InChI=1S/C18H17ClN2O5S/c1-2-7-21-27(23,24)17-9-13(4-5-14(17)19)18(22)20-10-12-3-6-15-16(8-12)26-11-25-15/h2-6,8-9,21H,1,7,10-11H2,(H,20,22). The normalized spacial score (nSPS) is 12.6. The maximum Gasteiger partial charge on any atom is 0.251 e. The lowest BCUT2D eigenvalue weighted by Gasteiger charge is -2.10. The van der Waals surface area contributed by atoms with Crippen LogP contribution >= 0.6 is 11.6 Å². The van der Waals surface area contributed by atoms with Crippen LogP contribution < -0.4 is 19.5 Å². The summed E-state index contributed by atoms with van der Waals surface area (Å²) < 4.78 is 37.4. The molecule has 0 aliphatic carbocycles. The molecule has 142 valence electrons. The van der Waals surface area contributed by atoms with Gasteiger partial charge in [-0.15, -0.1) is 6.58 Å². The molecule has 1 aliphatic rings. The molecule has 2 aromatic rings. The number of nitrogens with one attached hydrogen (secondary N) is 2. The van der Waals surface area contributed by atoms with Crippen LogP contribution in [0, 0.1) is 0 Å². The average Bonchev–Trinajstić information content (AvgIpc) is 3.12. The van der Waals surface area contributed by atoms with Gasteiger partial charge in [0.25, 0.3) is 5.91 Å². The molecule has 0 radical (unpaired) electrons. The third-order valence-electron chi connectivity index (χ3n) is 3.79. The van der Waals surface area contributed by atoms with Gasteiger partial charge in [0, 0.05) is 18.7 Å². The number of amides is 1. The van der Waals surface area contributed by atoms with Crippen molar-refractivity contribution in [1.29, 1.82) is 0 Å². The predicted octanol–water partition coefficient (Wildman–Crippen LogP) is 2.46. The summed E-state index contributed by atoms with van der Waals surface area (Å²) >= 11 is 5.99. The molecule has 0 atom stereocenters. The van der Waals surface area contributed by atoms with Crippen molar-refractivity contribution in [3.8, 4) is 11.5 Å². The molecule has 1 amide bonds. The molecule has 1 aliphatic heterocycles. The molecular weight excluding hydrogens is 392 g/mol. The van der Waals surface area contributed by atoms with E-state index in [-0.39, 0.29) is 35.4 Å². The Kier molecular flexibility index (Phi) is 5.69. The predicted molar refractivity (Wildman–Crippen MR) is 101 cm³/mol. The van der Waals surface area contributed by atoms with Crippen molar-refractivity contribution in [1.82, 2.24) is 10.0 Å². The molecule has 3 rings (SSSR count). The molecule has 7 nitrogen and oxygen atoms in total. The van der Waals surface area contributed by atoms with Crippen LogP contribution in [0.25, 0.3) is 0 Å². The highest BCUT2D eigenvalue weighted by Crippen LogP contribution is 2.32. The lowest BCUT2D eigenvalue weighted by molar-refractivity contribution is 0.0950. The van der Waals surface area contributed by atoms with E-state index < -0.39 is 15.9 Å². The smallest absolute Gasteiger partial charge is 0.251 e. The molecule has 2 N–H and O–H groups in total. The molecule has 0 unspecified atom stereocenters. The van der Waals surface area contributed by atoms with Crippen LogP contribution in [0.3, 0.4) is 0 Å². The molecule has 27 heavy (non-hydrogen) atoms. The molecular formula is C18H17ClN2O5S. The van der Waals surface area contributed by atoms with Crippen molar-refractivity contribution < 1.29 is 22.7 Å².